The molecule has 1 amide bonds. The summed E-state index contributed by atoms with van der Waals surface area (Å²) >= 11 is 9.86. The van der Waals surface area contributed by atoms with Gasteiger partial charge in [0.05, 0.1) is 17.8 Å². The Bertz CT molecular complexity index is 1290. The molecule has 7 nitrogen and oxygen atoms in total. The molecule has 5 rings (SSSR count). The number of pyridine rings is 2. The van der Waals surface area contributed by atoms with Crippen LogP contribution in [0.15, 0.2) is 64.6 Å². The van der Waals surface area contributed by atoms with E-state index in [0.717, 1.165) is 50.0 Å². The average Bonchev–Trinajstić information content (AvgIpc) is 2.99. The van der Waals surface area contributed by atoms with E-state index >= 15 is 0 Å². The number of piperidine rings is 1. The van der Waals surface area contributed by atoms with E-state index in [1.54, 1.807) is 12.1 Å². The molecule has 0 bridgehead atoms. The van der Waals surface area contributed by atoms with Crippen molar-refractivity contribution in [2.24, 2.45) is 11.1 Å². The monoisotopic (exact) mass is 555 g/mol. The van der Waals surface area contributed by atoms with Gasteiger partial charge in [-0.25, -0.2) is 0 Å². The number of hydrogen-bond acceptors (Lipinski definition) is 5. The second kappa shape index (κ2) is 9.95. The van der Waals surface area contributed by atoms with Gasteiger partial charge >= 0.3 is 0 Å². The van der Waals surface area contributed by atoms with Gasteiger partial charge in [0.15, 0.2) is 0 Å². The van der Waals surface area contributed by atoms with Crippen molar-refractivity contribution in [3.63, 3.8) is 0 Å². The summed E-state index contributed by atoms with van der Waals surface area (Å²) in [6.45, 7) is 1.34. The molecule has 180 valence electrons. The molecule has 3 aromatic rings. The van der Waals surface area contributed by atoms with Gasteiger partial charge in [0.1, 0.15) is 0 Å². The van der Waals surface area contributed by atoms with E-state index in [1.807, 2.05) is 35.4 Å². The third-order valence-electron chi connectivity index (χ3n) is 7.00. The first-order valence-electron chi connectivity index (χ1n) is 11.5. The molecule has 1 aliphatic heterocycles. The van der Waals surface area contributed by atoms with Crippen LogP contribution in [0.25, 0.3) is 0 Å². The fraction of sp³-hybridized carbons (Fsp3) is 0.308. The molecule has 35 heavy (non-hydrogen) atoms. The number of likely N-dealkylation sites (tertiary alicyclic amines) is 1. The van der Waals surface area contributed by atoms with Crippen molar-refractivity contribution in [3.8, 4) is 0 Å². The van der Waals surface area contributed by atoms with Gasteiger partial charge in [-0.3, -0.25) is 15.0 Å². The zero-order valence-electron chi connectivity index (χ0n) is 18.9. The normalized spacial score (nSPS) is 19.2. The van der Waals surface area contributed by atoms with E-state index in [4.69, 9.17) is 16.6 Å². The van der Waals surface area contributed by atoms with Crippen LogP contribution in [-0.4, -0.2) is 45.0 Å². The Morgan fingerprint density at radius 3 is 2.66 bits per heavy atom. The van der Waals surface area contributed by atoms with E-state index in [1.165, 1.54) is 12.4 Å². The Morgan fingerprint density at radius 1 is 1.20 bits per heavy atom. The Labute approximate surface area is 216 Å². The topological polar surface area (TPSA) is 89.9 Å². The van der Waals surface area contributed by atoms with Gasteiger partial charge < -0.3 is 10.1 Å². The van der Waals surface area contributed by atoms with Crippen LogP contribution in [0.5, 0.6) is 0 Å². The van der Waals surface area contributed by atoms with E-state index in [9.17, 15) is 15.2 Å². The van der Waals surface area contributed by atoms with Crippen LogP contribution in [0.2, 0.25) is 5.02 Å². The second-order valence-electron chi connectivity index (χ2n) is 9.11. The highest BCUT2D eigenvalue weighted by atomic mass is 79.9. The largest absolute Gasteiger partial charge is 0.411 e. The van der Waals surface area contributed by atoms with Crippen LogP contribution in [0.1, 0.15) is 46.7 Å². The smallest absolute Gasteiger partial charge is 0.226 e. The summed E-state index contributed by atoms with van der Waals surface area (Å²) in [6.07, 6.45) is 7.32. The average molecular weight is 557 g/mol. The van der Waals surface area contributed by atoms with Crippen molar-refractivity contribution < 1.29 is 19.9 Å². The van der Waals surface area contributed by atoms with Crippen molar-refractivity contribution in [2.75, 3.05) is 13.1 Å². The van der Waals surface area contributed by atoms with Crippen LogP contribution in [-0.2, 0) is 17.6 Å². The molecule has 0 saturated carbocycles. The summed E-state index contributed by atoms with van der Waals surface area (Å²) in [5.41, 5.74) is 5.36. The molecule has 9 heteroatoms. The van der Waals surface area contributed by atoms with Crippen LogP contribution in [0.3, 0.4) is 0 Å². The Kier molecular flexibility index (Phi) is 6.75. The molecule has 1 atom stereocenters. The van der Waals surface area contributed by atoms with Crippen LogP contribution >= 0.6 is 27.5 Å². The Morgan fingerprint density at radius 2 is 1.94 bits per heavy atom. The van der Waals surface area contributed by atoms with Gasteiger partial charge in [-0.15, -0.1) is 0 Å². The molecular weight excluding hydrogens is 532 g/mol. The fourth-order valence-corrected chi connectivity index (χ4v) is 5.84. The van der Waals surface area contributed by atoms with Crippen LogP contribution in [0, 0.1) is 5.92 Å². The first kappa shape index (κ1) is 23.8. The number of oxime groups is 1. The standard InChI is InChI=1S/C26H24BrClN4O3/c27-19-12-18-13-23(30-34)22-14-20(28)1-2-21(22)25(26(18)29-15-19)17-5-7-31(8-6-17)24(33)11-16-3-9-32(35)10-4-16/h1-4,9-10,12,14-15,17,25H,5-8,11,13H2,(H-,34,35)/p+1/b30-23-. The first-order chi connectivity index (χ1) is 16.9. The predicted molar refractivity (Wildman–Crippen MR) is 134 cm³/mol. The van der Waals surface area contributed by atoms with Gasteiger partial charge in [0.25, 0.3) is 0 Å². The lowest BCUT2D eigenvalue weighted by Gasteiger charge is -2.36. The van der Waals surface area contributed by atoms with Crippen molar-refractivity contribution in [2.45, 2.75) is 31.6 Å². The summed E-state index contributed by atoms with van der Waals surface area (Å²) in [7, 11) is 0. The van der Waals surface area contributed by atoms with Crippen LogP contribution in [0.4, 0.5) is 0 Å². The van der Waals surface area contributed by atoms with Crippen molar-refractivity contribution >= 4 is 39.1 Å². The van der Waals surface area contributed by atoms with Gasteiger partial charge in [-0.1, -0.05) is 22.8 Å². The minimum Gasteiger partial charge on any atom is -0.411 e. The minimum atomic E-state index is 0.0102. The number of amides is 1. The van der Waals surface area contributed by atoms with Crippen molar-refractivity contribution in [1.82, 2.24) is 9.88 Å². The number of carbonyl (C=O) groups is 1. The number of fused-ring (bicyclic) bond motifs is 2. The summed E-state index contributed by atoms with van der Waals surface area (Å²) in [6, 6.07) is 11.3. The summed E-state index contributed by atoms with van der Waals surface area (Å²) < 4.78 is 1.85. The molecule has 2 aliphatic rings. The number of hydrogen-bond donors (Lipinski definition) is 2. The number of carbonyl (C=O) groups excluding carboxylic acids is 1. The fourth-order valence-electron chi connectivity index (χ4n) is 5.29. The molecule has 1 saturated heterocycles. The lowest BCUT2D eigenvalue weighted by molar-refractivity contribution is -0.904. The maximum absolute atomic E-state index is 12.9. The summed E-state index contributed by atoms with van der Waals surface area (Å²) in [5.74, 6) is 0.370. The lowest BCUT2D eigenvalue weighted by atomic mass is 9.76. The molecule has 2 N–H and O–H groups in total. The van der Waals surface area contributed by atoms with E-state index in [2.05, 4.69) is 21.1 Å². The second-order valence-corrected chi connectivity index (χ2v) is 10.5. The Hall–Kier alpha value is -2.97. The molecule has 1 unspecified atom stereocenters. The number of halogens is 2. The van der Waals surface area contributed by atoms with Crippen molar-refractivity contribution in [1.29, 1.82) is 0 Å². The number of benzene rings is 1. The maximum Gasteiger partial charge on any atom is 0.226 e. The quantitative estimate of drug-likeness (QED) is 0.217. The summed E-state index contributed by atoms with van der Waals surface area (Å²) in [5, 5.41) is 23.4. The third kappa shape index (κ3) is 4.90. The molecular formula is C26H25BrClN4O3+. The first-order valence-corrected chi connectivity index (χ1v) is 12.7. The summed E-state index contributed by atoms with van der Waals surface area (Å²) in [4.78, 5) is 19.7. The van der Waals surface area contributed by atoms with Crippen molar-refractivity contribution in [3.05, 3.63) is 92.4 Å². The highest BCUT2D eigenvalue weighted by Crippen LogP contribution is 2.43. The van der Waals surface area contributed by atoms with Gasteiger partial charge in [0.2, 0.25) is 18.3 Å². The third-order valence-corrected chi connectivity index (χ3v) is 7.67. The molecule has 0 radical (unpaired) electrons. The SMILES string of the molecule is O=C(Cc1cc[n+](O)cc1)N1CCC(C2c3ccc(Cl)cc3/C(=N\O)Cc3cc(Br)cnc32)CC1. The number of aromatic nitrogens is 2. The highest BCUT2D eigenvalue weighted by Gasteiger charge is 2.36. The number of nitrogens with zero attached hydrogens (tertiary/aromatic N) is 4. The van der Waals surface area contributed by atoms with Crippen LogP contribution < -0.4 is 4.73 Å². The number of rotatable bonds is 3. The molecule has 2 aromatic heterocycles. The predicted octanol–water partition coefficient (Wildman–Crippen LogP) is 4.37. The molecule has 1 fully saturated rings. The van der Waals surface area contributed by atoms with E-state index in [0.29, 0.717) is 36.7 Å². The van der Waals surface area contributed by atoms with Gasteiger partial charge in [-0.05, 0) is 69.6 Å². The Balaban J connectivity index is 1.42. The maximum atomic E-state index is 12.9. The zero-order chi connectivity index (χ0) is 24.5. The van der Waals surface area contributed by atoms with Gasteiger partial charge in [0, 0.05) is 63.5 Å². The van der Waals surface area contributed by atoms with Gasteiger partial charge in [-0.2, -0.15) is 0 Å². The van der Waals surface area contributed by atoms with E-state index in [-0.39, 0.29) is 17.7 Å². The molecule has 0 spiro atoms. The van der Waals surface area contributed by atoms with E-state index < -0.39 is 0 Å². The highest BCUT2D eigenvalue weighted by molar-refractivity contribution is 9.10. The minimum absolute atomic E-state index is 0.0102. The molecule has 3 heterocycles. The molecule has 1 aromatic carbocycles. The molecule has 1 aliphatic carbocycles. The zero-order valence-corrected chi connectivity index (χ0v) is 21.3. The lowest BCUT2D eigenvalue weighted by Crippen LogP contribution is -2.41.